The molecular weight excluding hydrogens is 329 g/mol. The fourth-order valence-electron chi connectivity index (χ4n) is 2.01. The van der Waals surface area contributed by atoms with Crippen LogP contribution in [0, 0.1) is 5.82 Å². The predicted octanol–water partition coefficient (Wildman–Crippen LogP) is 3.41. The van der Waals surface area contributed by atoms with Crippen LogP contribution in [0.1, 0.15) is 22.8 Å². The molecule has 1 N–H and O–H groups in total. The quantitative estimate of drug-likeness (QED) is 0.616. The molecule has 0 spiro atoms. The molecule has 2 aromatic rings. The highest BCUT2D eigenvalue weighted by atomic mass is 32.2. The average molecular weight is 347 g/mol. The Labute approximate surface area is 144 Å². The second-order valence-corrected chi connectivity index (χ2v) is 6.18. The summed E-state index contributed by atoms with van der Waals surface area (Å²) in [6, 6.07) is 13.3. The molecule has 0 aromatic heterocycles. The number of carbonyl (C=O) groups is 2. The summed E-state index contributed by atoms with van der Waals surface area (Å²) in [5.41, 5.74) is 0.813. The minimum atomic E-state index is -0.549. The van der Waals surface area contributed by atoms with E-state index >= 15 is 0 Å². The molecule has 4 nitrogen and oxygen atoms in total. The topological polar surface area (TPSA) is 55.4 Å². The first kappa shape index (κ1) is 18.0. The fraction of sp³-hybridized carbons (Fsp3) is 0.222. The largest absolute Gasteiger partial charge is 0.452 e. The third kappa shape index (κ3) is 5.09. The summed E-state index contributed by atoms with van der Waals surface area (Å²) in [6.07, 6.45) is 0. The number of thioether (sulfide) groups is 1. The summed E-state index contributed by atoms with van der Waals surface area (Å²) >= 11 is 1.53. The molecule has 0 saturated carbocycles. The maximum absolute atomic E-state index is 13.5. The van der Waals surface area contributed by atoms with Crippen LogP contribution >= 0.6 is 11.8 Å². The van der Waals surface area contributed by atoms with Gasteiger partial charge in [-0.15, -0.1) is 11.8 Å². The molecule has 2 aromatic carbocycles. The second kappa shape index (κ2) is 9.08. The average Bonchev–Trinajstić information content (AvgIpc) is 2.60. The highest BCUT2D eigenvalue weighted by Gasteiger charge is 2.14. The number of hydrogen-bond acceptors (Lipinski definition) is 4. The molecule has 0 radical (unpaired) electrons. The van der Waals surface area contributed by atoms with Crippen LogP contribution in [0.25, 0.3) is 0 Å². The Balaban J connectivity index is 1.85. The molecule has 0 aliphatic heterocycles. The molecule has 0 fully saturated rings. The lowest BCUT2D eigenvalue weighted by Crippen LogP contribution is -2.28. The number of esters is 1. The lowest BCUT2D eigenvalue weighted by molar-refractivity contribution is -0.124. The van der Waals surface area contributed by atoms with Crippen LogP contribution in [0.5, 0.6) is 0 Å². The molecule has 0 atom stereocenters. The van der Waals surface area contributed by atoms with Gasteiger partial charge < -0.3 is 10.1 Å². The van der Waals surface area contributed by atoms with E-state index in [1.165, 1.54) is 17.8 Å². The molecule has 0 unspecified atom stereocenters. The summed E-state index contributed by atoms with van der Waals surface area (Å²) < 4.78 is 18.5. The van der Waals surface area contributed by atoms with Crippen molar-refractivity contribution in [3.05, 3.63) is 65.5 Å². The lowest BCUT2D eigenvalue weighted by Gasteiger charge is -2.09. The number of benzene rings is 2. The Bertz CT molecular complexity index is 721. The van der Waals surface area contributed by atoms with Crippen molar-refractivity contribution in [1.82, 2.24) is 5.32 Å². The third-order valence-electron chi connectivity index (χ3n) is 3.18. The van der Waals surface area contributed by atoms with E-state index in [-0.39, 0.29) is 12.4 Å². The molecular formula is C18H18FNO3S. The van der Waals surface area contributed by atoms with Crippen molar-refractivity contribution in [2.45, 2.75) is 18.4 Å². The number of halogens is 1. The van der Waals surface area contributed by atoms with Crippen molar-refractivity contribution in [1.29, 1.82) is 0 Å². The van der Waals surface area contributed by atoms with E-state index in [4.69, 9.17) is 4.74 Å². The van der Waals surface area contributed by atoms with Gasteiger partial charge >= 0.3 is 5.97 Å². The summed E-state index contributed by atoms with van der Waals surface area (Å²) in [6.45, 7) is 1.63. The van der Waals surface area contributed by atoms with Crippen LogP contribution in [-0.4, -0.2) is 24.2 Å². The molecule has 0 aliphatic rings. The van der Waals surface area contributed by atoms with Gasteiger partial charge in [-0.05, 0) is 24.0 Å². The van der Waals surface area contributed by atoms with Crippen molar-refractivity contribution in [2.24, 2.45) is 0 Å². The van der Waals surface area contributed by atoms with Gasteiger partial charge in [0.25, 0.3) is 5.91 Å². The molecule has 0 aliphatic carbocycles. The second-order valence-electron chi connectivity index (χ2n) is 4.87. The number of amides is 1. The predicted molar refractivity (Wildman–Crippen MR) is 91.4 cm³/mol. The number of ether oxygens (including phenoxy) is 1. The molecule has 0 heterocycles. The molecule has 0 bridgehead atoms. The number of nitrogens with one attached hydrogen (secondary N) is 1. The molecule has 2 rings (SSSR count). The molecule has 1 amide bonds. The van der Waals surface area contributed by atoms with Gasteiger partial charge in [0, 0.05) is 17.0 Å². The van der Waals surface area contributed by atoms with Crippen molar-refractivity contribution in [2.75, 3.05) is 12.4 Å². The Morgan fingerprint density at radius 2 is 1.83 bits per heavy atom. The Hall–Kier alpha value is -2.34. The highest BCUT2D eigenvalue weighted by molar-refractivity contribution is 7.99. The van der Waals surface area contributed by atoms with Gasteiger partial charge in [0.15, 0.2) is 6.61 Å². The SMILES string of the molecule is CCSc1ccccc1C(=O)OCC(=O)NCc1ccccc1F. The molecule has 126 valence electrons. The highest BCUT2D eigenvalue weighted by Crippen LogP contribution is 2.22. The smallest absolute Gasteiger partial charge is 0.339 e. The van der Waals surface area contributed by atoms with Crippen molar-refractivity contribution < 1.29 is 18.7 Å². The van der Waals surface area contributed by atoms with E-state index in [0.29, 0.717) is 11.1 Å². The van der Waals surface area contributed by atoms with E-state index in [9.17, 15) is 14.0 Å². The van der Waals surface area contributed by atoms with Crippen LogP contribution in [0.2, 0.25) is 0 Å². The van der Waals surface area contributed by atoms with Crippen LogP contribution in [0.15, 0.2) is 53.4 Å². The van der Waals surface area contributed by atoms with E-state index in [2.05, 4.69) is 5.32 Å². The first-order valence-electron chi connectivity index (χ1n) is 7.51. The van der Waals surface area contributed by atoms with Crippen LogP contribution in [0.3, 0.4) is 0 Å². The number of hydrogen-bond donors (Lipinski definition) is 1. The number of carbonyl (C=O) groups excluding carboxylic acids is 2. The first-order valence-corrected chi connectivity index (χ1v) is 8.49. The normalized spacial score (nSPS) is 10.2. The van der Waals surface area contributed by atoms with Crippen LogP contribution in [0.4, 0.5) is 4.39 Å². The van der Waals surface area contributed by atoms with Gasteiger partial charge in [0.1, 0.15) is 5.82 Å². The zero-order chi connectivity index (χ0) is 17.4. The van der Waals surface area contributed by atoms with Gasteiger partial charge in [-0.1, -0.05) is 37.3 Å². The summed E-state index contributed by atoms with van der Waals surface area (Å²) in [4.78, 5) is 24.7. The zero-order valence-electron chi connectivity index (χ0n) is 13.3. The Morgan fingerprint density at radius 3 is 2.58 bits per heavy atom. The van der Waals surface area contributed by atoms with Crippen molar-refractivity contribution >= 4 is 23.6 Å². The van der Waals surface area contributed by atoms with Gasteiger partial charge in [-0.3, -0.25) is 4.79 Å². The minimum Gasteiger partial charge on any atom is -0.452 e. The molecule has 0 saturated heterocycles. The Morgan fingerprint density at radius 1 is 1.12 bits per heavy atom. The van der Waals surface area contributed by atoms with Gasteiger partial charge in [0.05, 0.1) is 5.56 Å². The lowest BCUT2D eigenvalue weighted by atomic mass is 10.2. The molecule has 24 heavy (non-hydrogen) atoms. The van der Waals surface area contributed by atoms with Crippen molar-refractivity contribution in [3.63, 3.8) is 0 Å². The van der Waals surface area contributed by atoms with Crippen molar-refractivity contribution in [3.8, 4) is 0 Å². The summed E-state index contributed by atoms with van der Waals surface area (Å²) in [5.74, 6) is -0.590. The van der Waals surface area contributed by atoms with Gasteiger partial charge in [0.2, 0.25) is 0 Å². The monoisotopic (exact) mass is 347 g/mol. The maximum atomic E-state index is 13.5. The van der Waals surface area contributed by atoms with E-state index in [1.54, 1.807) is 30.3 Å². The van der Waals surface area contributed by atoms with Crippen LogP contribution < -0.4 is 5.32 Å². The minimum absolute atomic E-state index is 0.0470. The third-order valence-corrected chi connectivity index (χ3v) is 4.13. The van der Waals surface area contributed by atoms with E-state index < -0.39 is 18.5 Å². The number of rotatable bonds is 7. The van der Waals surface area contributed by atoms with E-state index in [0.717, 1.165) is 10.6 Å². The summed E-state index contributed by atoms with van der Waals surface area (Å²) in [7, 11) is 0. The zero-order valence-corrected chi connectivity index (χ0v) is 14.1. The standard InChI is InChI=1S/C18H18FNO3S/c1-2-24-16-10-6-4-8-14(16)18(22)23-12-17(21)20-11-13-7-3-5-9-15(13)19/h3-10H,2,11-12H2,1H3,(H,20,21). The first-order chi connectivity index (χ1) is 11.6. The van der Waals surface area contributed by atoms with Gasteiger partial charge in [-0.25, -0.2) is 9.18 Å². The van der Waals surface area contributed by atoms with Crippen LogP contribution in [-0.2, 0) is 16.1 Å². The maximum Gasteiger partial charge on any atom is 0.339 e. The Kier molecular flexibility index (Phi) is 6.81. The van der Waals surface area contributed by atoms with E-state index in [1.807, 2.05) is 19.1 Å². The van der Waals surface area contributed by atoms with Gasteiger partial charge in [-0.2, -0.15) is 0 Å². The fourth-order valence-corrected chi connectivity index (χ4v) is 2.80. The summed E-state index contributed by atoms with van der Waals surface area (Å²) in [5, 5.41) is 2.53. The molecule has 6 heteroatoms.